The molecule has 0 radical (unpaired) electrons. The van der Waals surface area contributed by atoms with E-state index in [0.29, 0.717) is 30.5 Å². The predicted molar refractivity (Wildman–Crippen MR) is 135 cm³/mol. The second kappa shape index (κ2) is 10.2. The van der Waals surface area contributed by atoms with E-state index in [0.717, 1.165) is 16.7 Å². The summed E-state index contributed by atoms with van der Waals surface area (Å²) < 4.78 is 16.6. The number of hydrogen-bond acceptors (Lipinski definition) is 7. The molecular formula is C26H29N3O3S. The van der Waals surface area contributed by atoms with Gasteiger partial charge in [0.25, 0.3) is 0 Å². The second-order valence-corrected chi connectivity index (χ2v) is 8.82. The molecule has 4 rings (SSSR count). The van der Waals surface area contributed by atoms with Gasteiger partial charge in [-0.1, -0.05) is 24.3 Å². The molecule has 2 aromatic carbocycles. The molecule has 0 saturated carbocycles. The molecule has 0 unspecified atom stereocenters. The van der Waals surface area contributed by atoms with Crippen LogP contribution in [-0.4, -0.2) is 30.8 Å². The Morgan fingerprint density at radius 2 is 1.76 bits per heavy atom. The zero-order chi connectivity index (χ0) is 23.4. The number of aryl methyl sites for hydroxylation is 1. The molecule has 172 valence electrons. The van der Waals surface area contributed by atoms with E-state index in [2.05, 4.69) is 58.6 Å². The van der Waals surface area contributed by atoms with E-state index in [1.54, 1.807) is 25.6 Å². The zero-order valence-electron chi connectivity index (χ0n) is 19.6. The smallest absolute Gasteiger partial charge is 0.162 e. The van der Waals surface area contributed by atoms with Crippen LogP contribution in [0.5, 0.6) is 11.5 Å². The third-order valence-corrected chi connectivity index (χ3v) is 6.77. The van der Waals surface area contributed by atoms with Crippen LogP contribution in [0.15, 0.2) is 48.5 Å². The van der Waals surface area contributed by atoms with Crippen molar-refractivity contribution < 1.29 is 14.2 Å². The van der Waals surface area contributed by atoms with Gasteiger partial charge in [-0.05, 0) is 50.1 Å². The Kier molecular flexibility index (Phi) is 7.11. The number of methoxy groups -OCH3 is 2. The third-order valence-electron chi connectivity index (χ3n) is 5.46. The molecule has 1 atom stereocenters. The van der Waals surface area contributed by atoms with Crippen LogP contribution in [0.25, 0.3) is 21.3 Å². The molecule has 0 bridgehead atoms. The third kappa shape index (κ3) is 4.94. The zero-order valence-corrected chi connectivity index (χ0v) is 20.5. The van der Waals surface area contributed by atoms with Crippen molar-refractivity contribution in [2.45, 2.75) is 33.4 Å². The summed E-state index contributed by atoms with van der Waals surface area (Å²) in [6, 6.07) is 16.6. The molecule has 0 spiro atoms. The first kappa shape index (κ1) is 23.0. The molecule has 2 aromatic heterocycles. The summed E-state index contributed by atoms with van der Waals surface area (Å²) in [5.41, 5.74) is 3.23. The van der Waals surface area contributed by atoms with E-state index in [-0.39, 0.29) is 6.04 Å². The Hall–Kier alpha value is -3.16. The molecule has 0 aliphatic rings. The lowest BCUT2D eigenvalue weighted by Crippen LogP contribution is -2.08. The number of thiophene rings is 1. The van der Waals surface area contributed by atoms with E-state index in [1.165, 1.54) is 20.9 Å². The maximum atomic E-state index is 5.66. The van der Waals surface area contributed by atoms with Gasteiger partial charge in [-0.25, -0.2) is 9.97 Å². The fraction of sp³-hybridized carbons (Fsp3) is 0.308. The van der Waals surface area contributed by atoms with Gasteiger partial charge in [-0.3, -0.25) is 0 Å². The van der Waals surface area contributed by atoms with E-state index >= 15 is 0 Å². The topological polar surface area (TPSA) is 65.5 Å². The fourth-order valence-electron chi connectivity index (χ4n) is 3.79. The monoisotopic (exact) mass is 463 g/mol. The molecule has 0 amide bonds. The number of hydrogen-bond donors (Lipinski definition) is 1. The summed E-state index contributed by atoms with van der Waals surface area (Å²) >= 11 is 1.78. The average Bonchev–Trinajstić information content (AvgIpc) is 3.32. The van der Waals surface area contributed by atoms with Gasteiger partial charge in [0.15, 0.2) is 11.5 Å². The quantitative estimate of drug-likeness (QED) is 0.310. The first-order chi connectivity index (χ1) is 16.0. The summed E-state index contributed by atoms with van der Waals surface area (Å²) in [7, 11) is 3.25. The number of nitrogens with zero attached hydrogens (tertiary/aromatic N) is 2. The number of aromatic nitrogens is 2. The first-order valence-electron chi connectivity index (χ1n) is 11.0. The van der Waals surface area contributed by atoms with Crippen molar-refractivity contribution in [3.63, 3.8) is 0 Å². The van der Waals surface area contributed by atoms with E-state index in [4.69, 9.17) is 14.2 Å². The molecule has 1 N–H and O–H groups in total. The van der Waals surface area contributed by atoms with Crippen molar-refractivity contribution in [3.05, 3.63) is 64.8 Å². The predicted octanol–water partition coefficient (Wildman–Crippen LogP) is 6.39. The minimum absolute atomic E-state index is 0.0633. The Morgan fingerprint density at radius 1 is 1.00 bits per heavy atom. The van der Waals surface area contributed by atoms with Crippen LogP contribution in [0.4, 0.5) is 5.82 Å². The number of ether oxygens (including phenoxy) is 3. The van der Waals surface area contributed by atoms with Crippen LogP contribution in [-0.2, 0) is 11.3 Å². The molecule has 2 heterocycles. The van der Waals surface area contributed by atoms with Crippen LogP contribution >= 0.6 is 11.3 Å². The molecule has 0 fully saturated rings. The summed E-state index contributed by atoms with van der Waals surface area (Å²) in [5.74, 6) is 2.77. The Balaban J connectivity index is 1.64. The lowest BCUT2D eigenvalue weighted by atomic mass is 10.1. The van der Waals surface area contributed by atoms with Gasteiger partial charge in [-0.15, -0.1) is 11.3 Å². The van der Waals surface area contributed by atoms with Gasteiger partial charge in [0.1, 0.15) is 11.6 Å². The number of benzene rings is 2. The molecule has 33 heavy (non-hydrogen) atoms. The van der Waals surface area contributed by atoms with E-state index < -0.39 is 0 Å². The summed E-state index contributed by atoms with van der Waals surface area (Å²) in [5, 5.41) is 4.48. The normalized spacial score (nSPS) is 12.0. The molecular weight excluding hydrogens is 434 g/mol. The average molecular weight is 464 g/mol. The number of rotatable bonds is 9. The van der Waals surface area contributed by atoms with Crippen molar-refractivity contribution in [2.24, 2.45) is 0 Å². The summed E-state index contributed by atoms with van der Waals surface area (Å²) in [6.45, 7) is 7.37. The van der Waals surface area contributed by atoms with Crippen molar-refractivity contribution >= 4 is 28.1 Å². The van der Waals surface area contributed by atoms with Crippen molar-refractivity contribution in [3.8, 4) is 21.9 Å². The molecule has 7 heteroatoms. The second-order valence-electron chi connectivity index (χ2n) is 7.71. The Bertz CT molecular complexity index is 1250. The van der Waals surface area contributed by atoms with Gasteiger partial charge in [0.2, 0.25) is 0 Å². The van der Waals surface area contributed by atoms with E-state index in [1.807, 2.05) is 26.0 Å². The van der Waals surface area contributed by atoms with Crippen molar-refractivity contribution in [2.75, 3.05) is 26.1 Å². The number of nitrogens with one attached hydrogen (secondary N) is 1. The van der Waals surface area contributed by atoms with Crippen LogP contribution in [0, 0.1) is 6.92 Å². The van der Waals surface area contributed by atoms with E-state index in [9.17, 15) is 0 Å². The minimum Gasteiger partial charge on any atom is -0.493 e. The number of fused-ring (bicyclic) bond motifs is 1. The maximum Gasteiger partial charge on any atom is 0.162 e. The highest BCUT2D eigenvalue weighted by molar-refractivity contribution is 7.15. The fourth-order valence-corrected chi connectivity index (χ4v) is 4.86. The van der Waals surface area contributed by atoms with Crippen molar-refractivity contribution in [1.29, 1.82) is 0 Å². The van der Waals surface area contributed by atoms with Gasteiger partial charge in [0.05, 0.1) is 32.4 Å². The molecule has 6 nitrogen and oxygen atoms in total. The van der Waals surface area contributed by atoms with Gasteiger partial charge in [-0.2, -0.15) is 0 Å². The molecule has 4 aromatic rings. The summed E-state index contributed by atoms with van der Waals surface area (Å²) in [4.78, 5) is 11.7. The highest BCUT2D eigenvalue weighted by atomic mass is 32.1. The van der Waals surface area contributed by atoms with Crippen LogP contribution in [0.2, 0.25) is 0 Å². The molecule has 0 aliphatic carbocycles. The standard InChI is InChI=1S/C26H29N3O3S/c1-6-32-15-18-9-7-8-10-19(18)25-12-11-24(33-25)16(2)27-26-20-13-22(30-4)23(31-5)14-21(20)28-17(3)29-26/h7-14,16H,6,15H2,1-5H3,(H,27,28,29)/t16-/m0/s1. The maximum absolute atomic E-state index is 5.66. The lowest BCUT2D eigenvalue weighted by Gasteiger charge is -2.16. The lowest BCUT2D eigenvalue weighted by molar-refractivity contribution is 0.134. The molecule has 0 saturated heterocycles. The summed E-state index contributed by atoms with van der Waals surface area (Å²) in [6.07, 6.45) is 0. The molecule has 0 aliphatic heterocycles. The van der Waals surface area contributed by atoms with Crippen LogP contribution < -0.4 is 14.8 Å². The Labute approximate surface area is 198 Å². The van der Waals surface area contributed by atoms with Gasteiger partial charge >= 0.3 is 0 Å². The van der Waals surface area contributed by atoms with Crippen LogP contribution in [0.3, 0.4) is 0 Å². The van der Waals surface area contributed by atoms with Gasteiger partial charge in [0, 0.05) is 27.8 Å². The van der Waals surface area contributed by atoms with Crippen LogP contribution in [0.1, 0.15) is 36.2 Å². The minimum atomic E-state index is 0.0633. The SMILES string of the molecule is CCOCc1ccccc1-c1ccc([C@H](C)Nc2nc(C)nc3cc(OC)c(OC)cc23)s1. The van der Waals surface area contributed by atoms with Crippen molar-refractivity contribution in [1.82, 2.24) is 9.97 Å². The highest BCUT2D eigenvalue weighted by Crippen LogP contribution is 2.37. The van der Waals surface area contributed by atoms with Gasteiger partial charge < -0.3 is 19.5 Å². The largest absolute Gasteiger partial charge is 0.493 e. The highest BCUT2D eigenvalue weighted by Gasteiger charge is 2.16. The first-order valence-corrected chi connectivity index (χ1v) is 11.8. The number of anilines is 1. The Morgan fingerprint density at radius 3 is 2.52 bits per heavy atom.